The molecule has 5 aromatic carbocycles. The van der Waals surface area contributed by atoms with Crippen molar-refractivity contribution in [2.75, 3.05) is 60.9 Å². The van der Waals surface area contributed by atoms with Gasteiger partial charge in [0.1, 0.15) is 43.0 Å². The molecule has 0 saturated carbocycles. The standard InChI is InChI=1S/C39H38ClN13O13S4.3Na/c1-53(2,3)27-13-10-23(11-14-27)44-38-46-37(40)47-39(48-38)45-25-12-15-31(69(58,59)60)29(20-25)50-51-30-21-32(70(61,62)63)34(42)35(33(30)41)52-49-26-8-4-6-22(18-26)36(54)43-24-7-5-9-28(19-24)68(56,57)17-16-64-67-66-65-55;;;/h4-15,18-21H,16-17,41-42H2,1-3H3,(H5-,43,44,45,46,47,48,54,55,58,59,60,61,62,63);;;/q;3*+1/p-2. The molecule has 6 aromatic rings. The summed E-state index contributed by atoms with van der Waals surface area (Å²) in [6, 6.07) is 21.9. The second kappa shape index (κ2) is 27.3. The summed E-state index contributed by atoms with van der Waals surface area (Å²) in [7, 11) is -8.51. The van der Waals surface area contributed by atoms with Gasteiger partial charge in [-0.1, -0.05) is 12.1 Å². The number of nitrogens with one attached hydrogen (secondary N) is 3. The minimum atomic E-state index is -5.38. The van der Waals surface area contributed by atoms with Gasteiger partial charge in [0.25, 0.3) is 5.91 Å². The van der Waals surface area contributed by atoms with E-state index < -0.39 is 80.0 Å². The molecule has 0 aliphatic heterocycles. The van der Waals surface area contributed by atoms with E-state index in [1.54, 1.807) is 12.1 Å². The van der Waals surface area contributed by atoms with Gasteiger partial charge in [-0.05, 0) is 84.4 Å². The van der Waals surface area contributed by atoms with Crippen molar-refractivity contribution >= 4 is 129 Å². The molecular formula is C39H36ClN13Na3O13S4+. The van der Waals surface area contributed by atoms with Crippen molar-refractivity contribution < 1.29 is 147 Å². The van der Waals surface area contributed by atoms with Gasteiger partial charge in [0.15, 0.2) is 22.2 Å². The maximum absolute atomic E-state index is 13.2. The number of azo groups is 2. The number of quaternary nitrogens is 1. The van der Waals surface area contributed by atoms with Gasteiger partial charge >= 0.3 is 88.7 Å². The Morgan fingerprint density at radius 2 is 1.33 bits per heavy atom. The molecule has 73 heavy (non-hydrogen) atoms. The van der Waals surface area contributed by atoms with Crippen molar-refractivity contribution in [3.05, 3.63) is 108 Å². The van der Waals surface area contributed by atoms with Crippen molar-refractivity contribution in [1.82, 2.24) is 19.4 Å². The number of rotatable bonds is 20. The largest absolute Gasteiger partial charge is 1.00 e. The van der Waals surface area contributed by atoms with Crippen LogP contribution in [0.25, 0.3) is 0 Å². The Kier molecular flexibility index (Phi) is 23.7. The molecule has 26 nitrogen and oxygen atoms in total. The van der Waals surface area contributed by atoms with Gasteiger partial charge in [-0.2, -0.15) is 20.1 Å². The van der Waals surface area contributed by atoms with Crippen LogP contribution in [0.2, 0.25) is 5.28 Å². The number of halogens is 1. The maximum Gasteiger partial charge on any atom is 1.00 e. The Bertz CT molecular complexity index is 3370. The van der Waals surface area contributed by atoms with Crippen LogP contribution >= 0.6 is 23.9 Å². The molecule has 0 atom stereocenters. The van der Waals surface area contributed by atoms with Gasteiger partial charge in [-0.15, -0.1) is 19.7 Å². The van der Waals surface area contributed by atoms with Gasteiger partial charge < -0.3 is 41.8 Å². The zero-order valence-corrected chi connectivity index (χ0v) is 49.2. The van der Waals surface area contributed by atoms with Crippen LogP contribution in [0.1, 0.15) is 10.4 Å². The van der Waals surface area contributed by atoms with Crippen molar-refractivity contribution in [2.45, 2.75) is 14.7 Å². The summed E-state index contributed by atoms with van der Waals surface area (Å²) < 4.78 is 109. The summed E-state index contributed by atoms with van der Waals surface area (Å²) >= 11 is 6.33. The summed E-state index contributed by atoms with van der Waals surface area (Å²) in [5, 5.41) is 36.8. The van der Waals surface area contributed by atoms with E-state index in [0.717, 1.165) is 17.8 Å². The number of anilines is 7. The van der Waals surface area contributed by atoms with E-state index in [-0.39, 0.29) is 152 Å². The molecular weight excluding hydrogens is 1090 g/mol. The fraction of sp³-hybridized carbons (Fsp3) is 0.128. The van der Waals surface area contributed by atoms with Crippen LogP contribution in [-0.2, 0) is 43.6 Å². The fourth-order valence-electron chi connectivity index (χ4n) is 5.88. The van der Waals surface area contributed by atoms with E-state index in [4.69, 9.17) is 27.3 Å². The van der Waals surface area contributed by atoms with Crippen LogP contribution in [0.15, 0.2) is 132 Å². The normalized spacial score (nSPS) is 11.9. The first-order chi connectivity index (χ1) is 32.9. The topological polar surface area (TPSA) is 393 Å². The third kappa shape index (κ3) is 17.9. The van der Waals surface area contributed by atoms with E-state index in [1.807, 2.05) is 33.3 Å². The van der Waals surface area contributed by atoms with Crippen LogP contribution in [0.4, 0.5) is 68.8 Å². The number of aromatic nitrogens is 3. The summed E-state index contributed by atoms with van der Waals surface area (Å²) in [6.45, 7) is -0.369. The molecule has 0 saturated heterocycles. The molecule has 0 spiro atoms. The van der Waals surface area contributed by atoms with Crippen LogP contribution < -0.4 is 126 Å². The summed E-state index contributed by atoms with van der Waals surface area (Å²) in [5.41, 5.74) is 11.0. The Labute approximate surface area is 493 Å². The minimum absolute atomic E-state index is 0. The number of carbonyl (C=O) groups excluding carboxylic acids is 1. The number of nitrogen functional groups attached to an aromatic ring is 2. The first kappa shape index (κ1) is 63.5. The Hall–Kier alpha value is -3.81. The molecule has 7 N–H and O–H groups in total. The minimum Gasteiger partial charge on any atom is -0.744 e. The molecule has 0 radical (unpaired) electrons. The van der Waals surface area contributed by atoms with E-state index >= 15 is 0 Å². The first-order valence-electron chi connectivity index (χ1n) is 19.4. The Morgan fingerprint density at radius 1 is 0.712 bits per heavy atom. The molecule has 0 unspecified atom stereocenters. The van der Waals surface area contributed by atoms with E-state index in [9.17, 15) is 44.4 Å². The number of nitrogens with zero attached hydrogens (tertiary/aromatic N) is 8. The van der Waals surface area contributed by atoms with E-state index in [1.165, 1.54) is 54.6 Å². The van der Waals surface area contributed by atoms with Crippen LogP contribution in [0, 0.1) is 0 Å². The number of carbonyl (C=O) groups is 1. The summed E-state index contributed by atoms with van der Waals surface area (Å²) in [4.78, 5) is 23.5. The van der Waals surface area contributed by atoms with Crippen molar-refractivity contribution in [2.24, 2.45) is 20.5 Å². The van der Waals surface area contributed by atoms with Gasteiger partial charge in [-0.3, -0.25) is 18.5 Å². The van der Waals surface area contributed by atoms with Gasteiger partial charge in [0.05, 0.1) is 65.3 Å². The quantitative estimate of drug-likeness (QED) is 0.00580. The number of hydrogen-bond donors (Lipinski definition) is 5. The van der Waals surface area contributed by atoms with Gasteiger partial charge in [-0.25, -0.2) is 25.3 Å². The maximum atomic E-state index is 13.2. The summed E-state index contributed by atoms with van der Waals surface area (Å²) in [6.07, 6.45) is 0. The number of hydrogen-bond acceptors (Lipinski definition) is 25. The molecule has 0 fully saturated rings. The van der Waals surface area contributed by atoms with Gasteiger partial charge in [0, 0.05) is 34.8 Å². The average Bonchev–Trinajstić information content (AvgIpc) is 3.27. The Balaban J connectivity index is 0.00000469. The SMILES string of the molecule is C[N+](C)(C)c1ccc(Nc2nc(Cl)nc(Nc3ccc(S(=O)(=O)[O-])c(N=Nc4cc(S(=O)(=O)[O-])c(N)c(N=Nc5cccc(C(=O)Nc6cccc(S(=O)(=O)CCOSOO[O-])c6)c5)c4N)c3)n2)cc1.[Na+].[Na+].[Na+]. The zero-order valence-electron chi connectivity index (χ0n) is 39.2. The average molecular weight is 1130 g/mol. The van der Waals surface area contributed by atoms with Gasteiger partial charge in [0.2, 0.25) is 17.2 Å². The molecule has 6 rings (SSSR count). The smallest absolute Gasteiger partial charge is 0.744 e. The third-order valence-electron chi connectivity index (χ3n) is 9.21. The molecule has 1 amide bonds. The number of sulfone groups is 1. The molecule has 1 heterocycles. The molecule has 34 heteroatoms. The predicted molar refractivity (Wildman–Crippen MR) is 252 cm³/mol. The fourth-order valence-corrected chi connectivity index (χ4v) is 8.70. The number of benzene rings is 5. The molecule has 1 aromatic heterocycles. The molecule has 368 valence electrons. The van der Waals surface area contributed by atoms with E-state index in [2.05, 4.69) is 60.7 Å². The van der Waals surface area contributed by atoms with E-state index in [0.29, 0.717) is 16.2 Å². The number of nitrogens with two attached hydrogens (primary N) is 2. The van der Waals surface area contributed by atoms with Crippen LogP contribution in [0.3, 0.4) is 0 Å². The van der Waals surface area contributed by atoms with Crippen molar-refractivity contribution in [1.29, 1.82) is 0 Å². The summed E-state index contributed by atoms with van der Waals surface area (Å²) in [5.74, 6) is -1.33. The van der Waals surface area contributed by atoms with Crippen molar-refractivity contribution in [3.63, 3.8) is 0 Å². The van der Waals surface area contributed by atoms with Crippen LogP contribution in [0.5, 0.6) is 0 Å². The van der Waals surface area contributed by atoms with Crippen LogP contribution in [-0.4, -0.2) is 88.7 Å². The monoisotopic (exact) mass is 1130 g/mol. The molecule has 0 aliphatic rings. The second-order valence-electron chi connectivity index (χ2n) is 15.0. The zero-order chi connectivity index (χ0) is 51.0. The molecule has 0 bridgehead atoms. The first-order valence-corrected chi connectivity index (χ1v) is 24.9. The Morgan fingerprint density at radius 3 is 1.96 bits per heavy atom. The van der Waals surface area contributed by atoms with Crippen molar-refractivity contribution in [3.8, 4) is 0 Å². The third-order valence-corrected chi connectivity index (χ3v) is 13.2. The molecule has 0 aliphatic carbocycles. The predicted octanol–water partition coefficient (Wildman–Crippen LogP) is -3.15. The second-order valence-corrected chi connectivity index (χ2v) is 20.7. The number of amides is 1.